The number of carbonyl (C=O) groups is 2. The van der Waals surface area contributed by atoms with Gasteiger partial charge in [0.2, 0.25) is 5.91 Å². The third kappa shape index (κ3) is 3.02. The lowest BCUT2D eigenvalue weighted by Gasteiger charge is -2.32. The monoisotopic (exact) mass is 254 g/mol. The van der Waals surface area contributed by atoms with Crippen LogP contribution in [0.5, 0.6) is 0 Å². The molecule has 0 aromatic carbocycles. The van der Waals surface area contributed by atoms with Crippen LogP contribution in [0.25, 0.3) is 0 Å². The second-order valence-corrected chi connectivity index (χ2v) is 5.59. The van der Waals surface area contributed by atoms with Crippen molar-refractivity contribution in [2.45, 2.75) is 38.6 Å². The summed E-state index contributed by atoms with van der Waals surface area (Å²) in [5.41, 5.74) is 0. The van der Waals surface area contributed by atoms with Gasteiger partial charge in [-0.3, -0.25) is 9.59 Å². The number of nitrogens with one attached hydrogen (secondary N) is 1. The van der Waals surface area contributed by atoms with Crippen LogP contribution in [0.4, 0.5) is 0 Å². The largest absolute Gasteiger partial charge is 0.481 e. The van der Waals surface area contributed by atoms with E-state index in [9.17, 15) is 9.59 Å². The lowest BCUT2D eigenvalue weighted by Crippen LogP contribution is -2.51. The van der Waals surface area contributed by atoms with Crippen LogP contribution in [0.2, 0.25) is 0 Å². The normalized spacial score (nSPS) is 32.5. The van der Waals surface area contributed by atoms with Gasteiger partial charge in [0.15, 0.2) is 0 Å². The number of carbonyl (C=O) groups excluding carboxylic acids is 1. The number of carboxylic acid groups (broad SMARTS) is 1. The SMILES string of the molecule is CC1CCCNC1C(=O)N1CCC(CC(=O)O)C1. The molecule has 0 saturated carbocycles. The molecule has 0 bridgehead atoms. The van der Waals surface area contributed by atoms with E-state index in [4.69, 9.17) is 5.11 Å². The van der Waals surface area contributed by atoms with Gasteiger partial charge in [-0.05, 0) is 37.6 Å². The van der Waals surface area contributed by atoms with Crippen molar-refractivity contribution in [2.24, 2.45) is 11.8 Å². The summed E-state index contributed by atoms with van der Waals surface area (Å²) >= 11 is 0. The van der Waals surface area contributed by atoms with E-state index in [0.717, 1.165) is 25.8 Å². The van der Waals surface area contributed by atoms with E-state index in [1.807, 2.05) is 4.90 Å². The van der Waals surface area contributed by atoms with Crippen molar-refractivity contribution in [3.63, 3.8) is 0 Å². The molecule has 2 N–H and O–H groups in total. The Kier molecular flexibility index (Phi) is 4.22. The molecule has 2 heterocycles. The zero-order valence-electron chi connectivity index (χ0n) is 10.9. The van der Waals surface area contributed by atoms with Crippen molar-refractivity contribution in [2.75, 3.05) is 19.6 Å². The van der Waals surface area contributed by atoms with Gasteiger partial charge in [-0.25, -0.2) is 0 Å². The predicted octanol–water partition coefficient (Wildman–Crippen LogP) is 0.698. The first-order valence-electron chi connectivity index (χ1n) is 6.82. The Morgan fingerprint density at radius 1 is 1.39 bits per heavy atom. The number of amides is 1. The predicted molar refractivity (Wildman–Crippen MR) is 67.1 cm³/mol. The summed E-state index contributed by atoms with van der Waals surface area (Å²) in [4.78, 5) is 24.9. The number of piperidine rings is 1. The molecule has 0 aromatic heterocycles. The van der Waals surface area contributed by atoms with Gasteiger partial charge in [-0.15, -0.1) is 0 Å². The van der Waals surface area contributed by atoms with E-state index >= 15 is 0 Å². The maximum Gasteiger partial charge on any atom is 0.303 e. The molecular formula is C13H22N2O3. The standard InChI is InChI=1S/C13H22N2O3/c1-9-3-2-5-14-12(9)13(18)15-6-4-10(8-15)7-11(16)17/h9-10,12,14H,2-8H2,1H3,(H,16,17). The minimum absolute atomic E-state index is 0.0673. The Morgan fingerprint density at radius 3 is 2.83 bits per heavy atom. The van der Waals surface area contributed by atoms with Gasteiger partial charge in [-0.1, -0.05) is 6.92 Å². The molecule has 5 heteroatoms. The minimum Gasteiger partial charge on any atom is -0.481 e. The van der Waals surface area contributed by atoms with Crippen molar-refractivity contribution in [1.29, 1.82) is 0 Å². The highest BCUT2D eigenvalue weighted by Crippen LogP contribution is 2.23. The molecule has 0 aromatic rings. The average molecular weight is 254 g/mol. The van der Waals surface area contributed by atoms with Crippen molar-refractivity contribution in [3.8, 4) is 0 Å². The van der Waals surface area contributed by atoms with Gasteiger partial charge in [0.25, 0.3) is 0 Å². The molecule has 2 fully saturated rings. The second-order valence-electron chi connectivity index (χ2n) is 5.59. The van der Waals surface area contributed by atoms with E-state index in [-0.39, 0.29) is 24.3 Å². The molecule has 0 radical (unpaired) electrons. The van der Waals surface area contributed by atoms with E-state index in [1.54, 1.807) is 0 Å². The molecule has 5 nitrogen and oxygen atoms in total. The fourth-order valence-electron chi connectivity index (χ4n) is 3.02. The van der Waals surface area contributed by atoms with E-state index in [2.05, 4.69) is 12.2 Å². The van der Waals surface area contributed by atoms with Gasteiger partial charge in [0, 0.05) is 19.5 Å². The second kappa shape index (κ2) is 5.69. The Morgan fingerprint density at radius 2 is 2.17 bits per heavy atom. The number of nitrogens with zero attached hydrogens (tertiary/aromatic N) is 1. The van der Waals surface area contributed by atoms with Crippen LogP contribution in [0.3, 0.4) is 0 Å². The molecule has 102 valence electrons. The Hall–Kier alpha value is -1.10. The summed E-state index contributed by atoms with van der Waals surface area (Å²) in [6.07, 6.45) is 3.22. The number of rotatable bonds is 3. The summed E-state index contributed by atoms with van der Waals surface area (Å²) in [6, 6.07) is -0.0673. The Balaban J connectivity index is 1.88. The van der Waals surface area contributed by atoms with Gasteiger partial charge in [0.1, 0.15) is 0 Å². The molecule has 2 rings (SSSR count). The maximum atomic E-state index is 12.4. The number of hydrogen-bond acceptors (Lipinski definition) is 3. The number of hydrogen-bond donors (Lipinski definition) is 2. The minimum atomic E-state index is -0.765. The molecule has 1 amide bonds. The molecule has 2 aliphatic heterocycles. The molecule has 2 saturated heterocycles. The highest BCUT2D eigenvalue weighted by atomic mass is 16.4. The highest BCUT2D eigenvalue weighted by molar-refractivity contribution is 5.82. The fraction of sp³-hybridized carbons (Fsp3) is 0.846. The van der Waals surface area contributed by atoms with Gasteiger partial charge in [-0.2, -0.15) is 0 Å². The van der Waals surface area contributed by atoms with E-state index in [0.29, 0.717) is 19.0 Å². The molecular weight excluding hydrogens is 232 g/mol. The van der Waals surface area contributed by atoms with Gasteiger partial charge in [0.05, 0.1) is 6.04 Å². The average Bonchev–Trinajstić information content (AvgIpc) is 2.76. The van der Waals surface area contributed by atoms with Gasteiger partial charge < -0.3 is 15.3 Å². The molecule has 3 unspecified atom stereocenters. The molecule has 2 aliphatic rings. The Labute approximate surface area is 108 Å². The lowest BCUT2D eigenvalue weighted by atomic mass is 9.92. The fourth-order valence-corrected chi connectivity index (χ4v) is 3.02. The molecule has 3 atom stereocenters. The topological polar surface area (TPSA) is 69.6 Å². The van der Waals surface area contributed by atoms with Crippen molar-refractivity contribution in [1.82, 2.24) is 10.2 Å². The summed E-state index contributed by atoms with van der Waals surface area (Å²) in [7, 11) is 0. The van der Waals surface area contributed by atoms with Crippen LogP contribution in [0.15, 0.2) is 0 Å². The third-order valence-corrected chi connectivity index (χ3v) is 4.10. The quantitative estimate of drug-likeness (QED) is 0.778. The van der Waals surface area contributed by atoms with Crippen LogP contribution < -0.4 is 5.32 Å². The summed E-state index contributed by atoms with van der Waals surface area (Å²) in [5, 5.41) is 12.1. The third-order valence-electron chi connectivity index (χ3n) is 4.10. The number of carboxylic acids is 1. The maximum absolute atomic E-state index is 12.4. The van der Waals surface area contributed by atoms with Crippen LogP contribution in [0, 0.1) is 11.8 Å². The summed E-state index contributed by atoms with van der Waals surface area (Å²) < 4.78 is 0. The van der Waals surface area contributed by atoms with E-state index < -0.39 is 5.97 Å². The first-order valence-corrected chi connectivity index (χ1v) is 6.82. The zero-order valence-corrected chi connectivity index (χ0v) is 10.9. The Bertz CT molecular complexity index is 332. The zero-order chi connectivity index (χ0) is 13.1. The van der Waals surface area contributed by atoms with Crippen molar-refractivity contribution < 1.29 is 14.7 Å². The highest BCUT2D eigenvalue weighted by Gasteiger charge is 2.34. The van der Waals surface area contributed by atoms with E-state index in [1.165, 1.54) is 0 Å². The first-order chi connectivity index (χ1) is 8.58. The summed E-state index contributed by atoms with van der Waals surface area (Å²) in [6.45, 7) is 4.34. The number of likely N-dealkylation sites (tertiary alicyclic amines) is 1. The molecule has 0 spiro atoms. The smallest absolute Gasteiger partial charge is 0.303 e. The molecule has 0 aliphatic carbocycles. The van der Waals surface area contributed by atoms with Crippen LogP contribution >= 0.6 is 0 Å². The van der Waals surface area contributed by atoms with Gasteiger partial charge >= 0.3 is 5.97 Å². The summed E-state index contributed by atoms with van der Waals surface area (Å²) in [5.74, 6) is -0.0938. The van der Waals surface area contributed by atoms with Crippen LogP contribution in [-0.4, -0.2) is 47.6 Å². The first kappa shape index (κ1) is 13.3. The van der Waals surface area contributed by atoms with Crippen molar-refractivity contribution >= 4 is 11.9 Å². The lowest BCUT2D eigenvalue weighted by molar-refractivity contribution is -0.139. The number of aliphatic carboxylic acids is 1. The molecule has 18 heavy (non-hydrogen) atoms. The van der Waals surface area contributed by atoms with Crippen LogP contribution in [-0.2, 0) is 9.59 Å². The van der Waals surface area contributed by atoms with Crippen molar-refractivity contribution in [3.05, 3.63) is 0 Å². The van der Waals surface area contributed by atoms with Crippen LogP contribution in [0.1, 0.15) is 32.6 Å².